The van der Waals surface area contributed by atoms with E-state index in [0.717, 1.165) is 16.8 Å². The monoisotopic (exact) mass is 494 g/mol. The van der Waals surface area contributed by atoms with Gasteiger partial charge in [-0.15, -0.1) is 0 Å². The number of aliphatic hydroxyl groups excluding tert-OH is 2. The van der Waals surface area contributed by atoms with Crippen molar-refractivity contribution < 1.29 is 32.6 Å². The molecule has 0 saturated carbocycles. The number of rotatable bonds is 3. The third kappa shape index (κ3) is 4.58. The highest BCUT2D eigenvalue weighted by molar-refractivity contribution is 5.97. The second-order valence-electron chi connectivity index (χ2n) is 9.37. The summed E-state index contributed by atoms with van der Waals surface area (Å²) in [5.74, 6) is -6.19. The first-order valence-corrected chi connectivity index (χ1v) is 10.6. The molecule has 0 radical (unpaired) electrons. The molecule has 0 bridgehead atoms. The van der Waals surface area contributed by atoms with E-state index in [9.17, 15) is 33.0 Å². The van der Waals surface area contributed by atoms with Gasteiger partial charge in [0, 0.05) is 37.0 Å². The Kier molecular flexibility index (Phi) is 6.05. The van der Waals surface area contributed by atoms with Crippen LogP contribution < -0.4 is 15.6 Å². The third-order valence-electron chi connectivity index (χ3n) is 5.43. The number of aromatic nitrogens is 2. The van der Waals surface area contributed by atoms with E-state index in [4.69, 9.17) is 0 Å². The minimum absolute atomic E-state index is 0.188. The minimum Gasteiger partial charge on any atom is -0.389 e. The zero-order chi connectivity index (χ0) is 25.8. The molecule has 3 aromatic rings. The Labute approximate surface area is 196 Å². The SMILES string of the molecule is CC(C)(C)NC(=O)c1cn(-c2c(F)cc(F)cc2F)c2nc(N3C[C@@H](O)[C@H](O)C3)c(F)cc2c1=O. The molecule has 0 unspecified atom stereocenters. The van der Waals surface area contributed by atoms with Gasteiger partial charge in [0.1, 0.15) is 17.1 Å². The summed E-state index contributed by atoms with van der Waals surface area (Å²) in [7, 11) is 0. The number of pyridine rings is 2. The average Bonchev–Trinajstić information content (AvgIpc) is 3.05. The van der Waals surface area contributed by atoms with Crippen molar-refractivity contribution in [3.05, 3.63) is 63.5 Å². The van der Waals surface area contributed by atoms with Crippen LogP contribution in [0.15, 0.2) is 29.2 Å². The summed E-state index contributed by atoms with van der Waals surface area (Å²) in [5, 5.41) is 21.7. The lowest BCUT2D eigenvalue weighted by atomic mass is 10.1. The van der Waals surface area contributed by atoms with Crippen LogP contribution in [0.25, 0.3) is 16.7 Å². The van der Waals surface area contributed by atoms with Crippen LogP contribution >= 0.6 is 0 Å². The summed E-state index contributed by atoms with van der Waals surface area (Å²) < 4.78 is 58.9. The number of hydrogen-bond acceptors (Lipinski definition) is 6. The molecule has 8 nitrogen and oxygen atoms in total. The summed E-state index contributed by atoms with van der Waals surface area (Å²) in [6, 6.07) is 1.59. The van der Waals surface area contributed by atoms with Crippen LogP contribution in [0.2, 0.25) is 0 Å². The van der Waals surface area contributed by atoms with Crippen molar-refractivity contribution >= 4 is 22.8 Å². The van der Waals surface area contributed by atoms with Crippen molar-refractivity contribution in [2.24, 2.45) is 0 Å². The second-order valence-corrected chi connectivity index (χ2v) is 9.37. The van der Waals surface area contributed by atoms with Crippen LogP contribution in [0.5, 0.6) is 0 Å². The number of halogens is 4. The van der Waals surface area contributed by atoms with E-state index in [1.54, 1.807) is 20.8 Å². The molecule has 1 aliphatic rings. The van der Waals surface area contributed by atoms with Crippen molar-refractivity contribution in [3.63, 3.8) is 0 Å². The predicted octanol–water partition coefficient (Wildman–Crippen LogP) is 2.01. The molecule has 3 N–H and O–H groups in total. The van der Waals surface area contributed by atoms with Gasteiger partial charge >= 0.3 is 0 Å². The van der Waals surface area contributed by atoms with Crippen LogP contribution in [-0.2, 0) is 0 Å². The Hall–Kier alpha value is -3.51. The Morgan fingerprint density at radius 3 is 2.14 bits per heavy atom. The number of carbonyl (C=O) groups is 1. The zero-order valence-electron chi connectivity index (χ0n) is 18.9. The van der Waals surface area contributed by atoms with Gasteiger partial charge in [0.15, 0.2) is 28.9 Å². The number of aliphatic hydroxyl groups is 2. The first-order valence-electron chi connectivity index (χ1n) is 10.6. The summed E-state index contributed by atoms with van der Waals surface area (Å²) in [4.78, 5) is 31.2. The molecule has 1 fully saturated rings. The lowest BCUT2D eigenvalue weighted by molar-refractivity contribution is 0.0572. The van der Waals surface area contributed by atoms with E-state index < -0.39 is 80.5 Å². The van der Waals surface area contributed by atoms with Gasteiger partial charge in [0.2, 0.25) is 5.43 Å². The fourth-order valence-corrected chi connectivity index (χ4v) is 3.88. The molecule has 1 saturated heterocycles. The summed E-state index contributed by atoms with van der Waals surface area (Å²) in [6.07, 6.45) is -1.53. The number of β-amino-alcohol motifs (C(OH)–C–C–N with tert-alkyl or cyclic N) is 2. The van der Waals surface area contributed by atoms with Crippen LogP contribution in [0, 0.1) is 23.3 Å². The molecule has 1 aliphatic heterocycles. The number of nitrogens with one attached hydrogen (secondary N) is 1. The minimum atomic E-state index is -1.35. The van der Waals surface area contributed by atoms with Crippen LogP contribution in [0.4, 0.5) is 23.4 Å². The van der Waals surface area contributed by atoms with Gasteiger partial charge in [-0.2, -0.15) is 0 Å². The molecule has 186 valence electrons. The first-order chi connectivity index (χ1) is 16.3. The van der Waals surface area contributed by atoms with Crippen LogP contribution in [0.3, 0.4) is 0 Å². The van der Waals surface area contributed by atoms with Crippen molar-refractivity contribution in [3.8, 4) is 5.69 Å². The molecular formula is C23H22F4N4O4. The Balaban J connectivity index is 2.04. The third-order valence-corrected chi connectivity index (χ3v) is 5.43. The van der Waals surface area contributed by atoms with E-state index in [-0.39, 0.29) is 13.1 Å². The lowest BCUT2D eigenvalue weighted by Gasteiger charge is -2.22. The van der Waals surface area contributed by atoms with E-state index in [0.29, 0.717) is 12.1 Å². The Morgan fingerprint density at radius 2 is 1.60 bits per heavy atom. The van der Waals surface area contributed by atoms with Crippen LogP contribution in [0.1, 0.15) is 31.1 Å². The van der Waals surface area contributed by atoms with Crippen molar-refractivity contribution in [2.75, 3.05) is 18.0 Å². The lowest BCUT2D eigenvalue weighted by Crippen LogP contribution is -2.42. The summed E-state index contributed by atoms with van der Waals surface area (Å²) in [6.45, 7) is 4.57. The number of hydrogen-bond donors (Lipinski definition) is 3. The molecule has 2 aromatic heterocycles. The maximum Gasteiger partial charge on any atom is 0.257 e. The first kappa shape index (κ1) is 24.6. The molecular weight excluding hydrogens is 472 g/mol. The van der Waals surface area contributed by atoms with Crippen LogP contribution in [-0.4, -0.2) is 56.5 Å². The number of benzene rings is 1. The molecule has 4 rings (SSSR count). The molecule has 2 atom stereocenters. The van der Waals surface area contributed by atoms with Crippen molar-refractivity contribution in [2.45, 2.75) is 38.5 Å². The maximum atomic E-state index is 15.0. The highest BCUT2D eigenvalue weighted by Gasteiger charge is 2.33. The largest absolute Gasteiger partial charge is 0.389 e. The summed E-state index contributed by atoms with van der Waals surface area (Å²) in [5.41, 5.74) is -3.52. The van der Waals surface area contributed by atoms with E-state index >= 15 is 4.39 Å². The maximum absolute atomic E-state index is 15.0. The molecule has 1 amide bonds. The van der Waals surface area contributed by atoms with Crippen molar-refractivity contribution in [1.82, 2.24) is 14.9 Å². The molecule has 3 heterocycles. The summed E-state index contributed by atoms with van der Waals surface area (Å²) >= 11 is 0. The molecule has 0 aliphatic carbocycles. The zero-order valence-corrected chi connectivity index (χ0v) is 18.9. The number of anilines is 1. The topological polar surface area (TPSA) is 108 Å². The highest BCUT2D eigenvalue weighted by atomic mass is 19.1. The van der Waals surface area contributed by atoms with Gasteiger partial charge in [-0.3, -0.25) is 14.2 Å². The van der Waals surface area contributed by atoms with Gasteiger partial charge in [0.25, 0.3) is 5.91 Å². The van der Waals surface area contributed by atoms with Gasteiger partial charge in [-0.1, -0.05) is 0 Å². The average molecular weight is 494 g/mol. The fraction of sp³-hybridized carbons (Fsp3) is 0.348. The van der Waals surface area contributed by atoms with E-state index in [1.807, 2.05) is 0 Å². The van der Waals surface area contributed by atoms with Gasteiger partial charge in [-0.25, -0.2) is 22.5 Å². The second kappa shape index (κ2) is 8.61. The molecule has 35 heavy (non-hydrogen) atoms. The Morgan fingerprint density at radius 1 is 1.03 bits per heavy atom. The highest BCUT2D eigenvalue weighted by Crippen LogP contribution is 2.28. The predicted molar refractivity (Wildman–Crippen MR) is 119 cm³/mol. The Bertz CT molecular complexity index is 1370. The van der Waals surface area contributed by atoms with E-state index in [2.05, 4.69) is 10.3 Å². The van der Waals surface area contributed by atoms with Gasteiger partial charge < -0.3 is 20.4 Å². The number of amides is 1. The standard InChI is InChI=1S/C23H22F4N4O4/c1-23(2,3)29-22(35)12-7-31(18-13(25)4-10(24)5-14(18)26)20-11(19(12)34)6-15(27)21(28-20)30-8-16(32)17(33)9-30/h4-7,16-17,32-33H,8-9H2,1-3H3,(H,29,35)/t16-,17-/m1/s1. The van der Waals surface area contributed by atoms with Gasteiger partial charge in [-0.05, 0) is 26.8 Å². The van der Waals surface area contributed by atoms with E-state index in [1.165, 1.54) is 4.90 Å². The number of carbonyl (C=O) groups excluding carboxylic acids is 1. The molecule has 0 spiro atoms. The normalized spacial score (nSPS) is 18.4. The molecule has 12 heteroatoms. The number of nitrogens with zero attached hydrogens (tertiary/aromatic N) is 3. The number of fused-ring (bicyclic) bond motifs is 1. The van der Waals surface area contributed by atoms with Crippen molar-refractivity contribution in [1.29, 1.82) is 0 Å². The fourth-order valence-electron chi connectivity index (χ4n) is 3.88. The van der Waals surface area contributed by atoms with Gasteiger partial charge in [0.05, 0.1) is 17.6 Å². The molecule has 1 aromatic carbocycles. The smallest absolute Gasteiger partial charge is 0.257 e. The quantitative estimate of drug-likeness (QED) is 0.481.